The van der Waals surface area contributed by atoms with Crippen LogP contribution in [0.2, 0.25) is 0 Å². The van der Waals surface area contributed by atoms with Gasteiger partial charge in [0, 0.05) is 24.6 Å². The van der Waals surface area contributed by atoms with Crippen molar-refractivity contribution in [1.29, 1.82) is 0 Å². The van der Waals surface area contributed by atoms with Gasteiger partial charge in [-0.1, -0.05) is 13.8 Å². The Morgan fingerprint density at radius 1 is 1.39 bits per heavy atom. The molecule has 0 bridgehead atoms. The van der Waals surface area contributed by atoms with E-state index in [1.54, 1.807) is 11.3 Å². The summed E-state index contributed by atoms with van der Waals surface area (Å²) in [5.41, 5.74) is 0. The van der Waals surface area contributed by atoms with Crippen molar-refractivity contribution in [2.45, 2.75) is 26.4 Å². The predicted molar refractivity (Wildman–Crippen MR) is 80.3 cm³/mol. The number of halogens is 1. The smallest absolute Gasteiger partial charge is 0.0897 e. The van der Waals surface area contributed by atoms with Gasteiger partial charge in [0.25, 0.3) is 0 Å². The van der Waals surface area contributed by atoms with E-state index in [-0.39, 0.29) is 0 Å². The van der Waals surface area contributed by atoms with Gasteiger partial charge in [-0.15, -0.1) is 11.3 Å². The highest BCUT2D eigenvalue weighted by molar-refractivity contribution is 9.11. The summed E-state index contributed by atoms with van der Waals surface area (Å²) in [5.74, 6) is 0.516. The Morgan fingerprint density at radius 2 is 2.17 bits per heavy atom. The van der Waals surface area contributed by atoms with Crippen LogP contribution in [0.25, 0.3) is 0 Å². The summed E-state index contributed by atoms with van der Waals surface area (Å²) < 4.78 is 6.55. The number of aliphatic hydroxyl groups excluding tert-OH is 1. The maximum Gasteiger partial charge on any atom is 0.0897 e. The van der Waals surface area contributed by atoms with Crippen molar-refractivity contribution in [2.75, 3.05) is 26.3 Å². The van der Waals surface area contributed by atoms with Gasteiger partial charge in [0.05, 0.1) is 16.5 Å². The molecule has 1 aromatic rings. The molecule has 3 nitrogen and oxygen atoms in total. The average molecular weight is 336 g/mol. The zero-order valence-corrected chi connectivity index (χ0v) is 13.4. The van der Waals surface area contributed by atoms with Crippen LogP contribution in [0.15, 0.2) is 15.9 Å². The molecule has 5 heteroatoms. The summed E-state index contributed by atoms with van der Waals surface area (Å²) in [6.07, 6.45) is 0.578. The molecule has 0 amide bonds. The van der Waals surface area contributed by atoms with E-state index in [2.05, 4.69) is 47.2 Å². The summed E-state index contributed by atoms with van der Waals surface area (Å²) in [5, 5.41) is 12.9. The zero-order valence-electron chi connectivity index (χ0n) is 11.0. The Hall–Kier alpha value is 0.0600. The van der Waals surface area contributed by atoms with Crippen LogP contribution in [0.5, 0.6) is 0 Å². The fourth-order valence-corrected chi connectivity index (χ4v) is 2.95. The Labute approximate surface area is 122 Å². The molecule has 18 heavy (non-hydrogen) atoms. The van der Waals surface area contributed by atoms with Crippen molar-refractivity contribution in [1.82, 2.24) is 5.32 Å². The van der Waals surface area contributed by atoms with E-state index in [0.29, 0.717) is 25.7 Å². The number of nitrogens with one attached hydrogen (secondary N) is 1. The highest BCUT2D eigenvalue weighted by Crippen LogP contribution is 2.21. The van der Waals surface area contributed by atoms with Gasteiger partial charge in [-0.3, -0.25) is 0 Å². The van der Waals surface area contributed by atoms with Crippen molar-refractivity contribution in [3.63, 3.8) is 0 Å². The second-order valence-corrected chi connectivity index (χ2v) is 7.29. The van der Waals surface area contributed by atoms with Crippen LogP contribution in [0, 0.1) is 5.92 Å². The molecule has 1 aromatic heterocycles. The molecular weight excluding hydrogens is 314 g/mol. The van der Waals surface area contributed by atoms with Crippen molar-refractivity contribution in [2.24, 2.45) is 5.92 Å². The molecule has 1 rings (SSSR count). The molecule has 0 fully saturated rings. The minimum Gasteiger partial charge on any atom is -0.389 e. The van der Waals surface area contributed by atoms with Gasteiger partial charge in [0.15, 0.2) is 0 Å². The van der Waals surface area contributed by atoms with E-state index >= 15 is 0 Å². The van der Waals surface area contributed by atoms with Crippen LogP contribution in [0.1, 0.15) is 18.7 Å². The van der Waals surface area contributed by atoms with Crippen molar-refractivity contribution < 1.29 is 9.84 Å². The molecule has 0 radical (unpaired) electrons. The number of hydrogen-bond acceptors (Lipinski definition) is 4. The molecule has 0 saturated carbocycles. The van der Waals surface area contributed by atoms with Gasteiger partial charge >= 0.3 is 0 Å². The number of thiophene rings is 1. The zero-order chi connectivity index (χ0) is 13.4. The first-order chi connectivity index (χ1) is 8.58. The Bertz CT molecular complexity index is 331. The van der Waals surface area contributed by atoms with Gasteiger partial charge in [0.1, 0.15) is 0 Å². The monoisotopic (exact) mass is 335 g/mol. The molecule has 0 aromatic carbocycles. The second kappa shape index (κ2) is 9.04. The van der Waals surface area contributed by atoms with E-state index in [0.717, 1.165) is 13.0 Å². The number of ether oxygens (including phenoxy) is 1. The minimum absolute atomic E-state index is 0.412. The van der Waals surface area contributed by atoms with Crippen LogP contribution < -0.4 is 5.32 Å². The third-order valence-electron chi connectivity index (χ3n) is 2.32. The summed E-state index contributed by atoms with van der Waals surface area (Å²) >= 11 is 5.20. The minimum atomic E-state index is -0.418. The fourth-order valence-electron chi connectivity index (χ4n) is 1.47. The van der Waals surface area contributed by atoms with Gasteiger partial charge in [-0.25, -0.2) is 0 Å². The first-order valence-electron chi connectivity index (χ1n) is 6.28. The summed E-state index contributed by atoms with van der Waals surface area (Å²) in [6, 6.07) is 4.19. The van der Waals surface area contributed by atoms with Gasteiger partial charge in [-0.2, -0.15) is 0 Å². The molecule has 0 saturated heterocycles. The maximum absolute atomic E-state index is 9.67. The summed E-state index contributed by atoms with van der Waals surface area (Å²) in [7, 11) is 0. The lowest BCUT2D eigenvalue weighted by Crippen LogP contribution is -2.31. The molecule has 2 N–H and O–H groups in total. The average Bonchev–Trinajstić information content (AvgIpc) is 2.70. The second-order valence-electron chi connectivity index (χ2n) is 4.75. The van der Waals surface area contributed by atoms with Gasteiger partial charge in [0.2, 0.25) is 0 Å². The largest absolute Gasteiger partial charge is 0.389 e. The lowest BCUT2D eigenvalue weighted by Gasteiger charge is -2.13. The van der Waals surface area contributed by atoms with Crippen molar-refractivity contribution in [3.05, 3.63) is 20.8 Å². The lowest BCUT2D eigenvalue weighted by atomic mass is 10.2. The third-order valence-corrected chi connectivity index (χ3v) is 4.00. The van der Waals surface area contributed by atoms with E-state index in [1.807, 2.05) is 0 Å². The van der Waals surface area contributed by atoms with Crippen LogP contribution in [-0.2, 0) is 11.2 Å². The lowest BCUT2D eigenvalue weighted by molar-refractivity contribution is 0.0263. The molecule has 104 valence electrons. The first-order valence-corrected chi connectivity index (χ1v) is 7.89. The predicted octanol–water partition coefficient (Wildman–Crippen LogP) is 2.68. The van der Waals surface area contributed by atoms with E-state index in [4.69, 9.17) is 4.74 Å². The van der Waals surface area contributed by atoms with Gasteiger partial charge < -0.3 is 15.2 Å². The summed E-state index contributed by atoms with van der Waals surface area (Å²) in [4.78, 5) is 1.35. The molecule has 0 spiro atoms. The molecule has 0 aliphatic rings. The molecule has 0 aliphatic carbocycles. The normalized spacial score (nSPS) is 13.2. The number of aliphatic hydroxyl groups is 1. The number of rotatable bonds is 9. The maximum atomic E-state index is 9.67. The van der Waals surface area contributed by atoms with E-state index in [1.165, 1.54) is 8.66 Å². The van der Waals surface area contributed by atoms with E-state index in [9.17, 15) is 5.11 Å². The fraction of sp³-hybridized carbons (Fsp3) is 0.692. The molecule has 1 heterocycles. The van der Waals surface area contributed by atoms with Gasteiger partial charge in [-0.05, 0) is 40.4 Å². The highest BCUT2D eigenvalue weighted by Gasteiger charge is 2.04. The molecule has 1 atom stereocenters. The van der Waals surface area contributed by atoms with Crippen LogP contribution >= 0.6 is 27.3 Å². The third kappa shape index (κ3) is 7.48. The van der Waals surface area contributed by atoms with Crippen LogP contribution in [0.4, 0.5) is 0 Å². The SMILES string of the molecule is CC(C)COCC(O)CNCCc1ccc(Br)s1. The topological polar surface area (TPSA) is 41.5 Å². The Balaban J connectivity index is 2.00. The van der Waals surface area contributed by atoms with Crippen molar-refractivity contribution in [3.8, 4) is 0 Å². The molecule has 1 unspecified atom stereocenters. The van der Waals surface area contributed by atoms with Crippen LogP contribution in [0.3, 0.4) is 0 Å². The molecular formula is C13H22BrNO2S. The standard InChI is InChI=1S/C13H22BrNO2S/c1-10(2)8-17-9-11(16)7-15-6-5-12-3-4-13(14)18-12/h3-4,10-11,15-16H,5-9H2,1-2H3. The van der Waals surface area contributed by atoms with Crippen LogP contribution in [-0.4, -0.2) is 37.5 Å². The number of hydrogen-bond donors (Lipinski definition) is 2. The first kappa shape index (κ1) is 16.1. The quantitative estimate of drug-likeness (QED) is 0.682. The highest BCUT2D eigenvalue weighted by atomic mass is 79.9. The summed E-state index contributed by atoms with van der Waals surface area (Å²) in [6.45, 7) is 6.79. The Morgan fingerprint density at radius 3 is 2.78 bits per heavy atom. The van der Waals surface area contributed by atoms with Crippen molar-refractivity contribution >= 4 is 27.3 Å². The molecule has 0 aliphatic heterocycles. The van der Waals surface area contributed by atoms with E-state index < -0.39 is 6.10 Å². The Kier molecular flexibility index (Phi) is 8.10.